The summed E-state index contributed by atoms with van der Waals surface area (Å²) >= 11 is 0.500. The maximum Gasteiger partial charge on any atom is -0.0149 e. The molecular weight excluding hydrogens is 375 g/mol. The molecule has 0 aromatic heterocycles. The quantitative estimate of drug-likeness (QED) is 0.465. The van der Waals surface area contributed by atoms with Crippen molar-refractivity contribution in [3.8, 4) is 0 Å². The zero-order valence-electron chi connectivity index (χ0n) is 13.6. The number of rotatable bonds is 4. The third kappa shape index (κ3) is 6.60. The van der Waals surface area contributed by atoms with Crippen LogP contribution in [0.3, 0.4) is 0 Å². The standard InChI is InChI=1S/C18H16P2.C2H6Ge/c1-3-9-15(10-4-1)19-17-13-7-8-14-18(17)20-16-11-5-2-6-12-16;1-3-2/h1-14,19-20H;1-2H3. The van der Waals surface area contributed by atoms with Crippen LogP contribution in [0.4, 0.5) is 0 Å². The zero-order valence-corrected chi connectivity index (χ0v) is 17.7. The minimum atomic E-state index is 0.500. The molecular formula is C20H22GeP2. The van der Waals surface area contributed by atoms with Gasteiger partial charge in [-0.25, -0.2) is 0 Å². The van der Waals surface area contributed by atoms with Crippen LogP contribution in [-0.4, -0.2) is 15.4 Å². The van der Waals surface area contributed by atoms with Crippen molar-refractivity contribution >= 4 is 53.8 Å². The van der Waals surface area contributed by atoms with E-state index in [9.17, 15) is 0 Å². The second kappa shape index (κ2) is 10.8. The Labute approximate surface area is 150 Å². The topological polar surface area (TPSA) is 0 Å². The first-order valence-electron chi connectivity index (χ1n) is 7.65. The number of hydrogen-bond donors (Lipinski definition) is 0. The summed E-state index contributed by atoms with van der Waals surface area (Å²) in [6, 6.07) is 30.3. The van der Waals surface area contributed by atoms with Crippen molar-refractivity contribution in [2.45, 2.75) is 11.5 Å². The summed E-state index contributed by atoms with van der Waals surface area (Å²) in [5.41, 5.74) is 0. The molecule has 0 bridgehead atoms. The molecule has 0 amide bonds. The largest absolute Gasteiger partial charge is 0.0622 e. The summed E-state index contributed by atoms with van der Waals surface area (Å²) in [7, 11) is 1.47. The molecule has 0 aliphatic rings. The average Bonchev–Trinajstić information content (AvgIpc) is 2.59. The van der Waals surface area contributed by atoms with Gasteiger partial charge in [-0.05, 0) is 21.2 Å². The molecule has 0 saturated heterocycles. The zero-order chi connectivity index (χ0) is 16.3. The van der Waals surface area contributed by atoms with Gasteiger partial charge in [0.25, 0.3) is 0 Å². The molecule has 0 saturated carbocycles. The van der Waals surface area contributed by atoms with Gasteiger partial charge < -0.3 is 0 Å². The third-order valence-corrected chi connectivity index (χ3v) is 5.94. The molecule has 2 unspecified atom stereocenters. The molecule has 0 spiro atoms. The van der Waals surface area contributed by atoms with Crippen LogP contribution in [0.5, 0.6) is 0 Å². The summed E-state index contributed by atoms with van der Waals surface area (Å²) < 4.78 is 0. The SMILES string of the molecule is [CH3][Ge][CH3].c1ccc(Pc2ccccc2Pc2ccccc2)cc1. The molecule has 3 aromatic rings. The van der Waals surface area contributed by atoms with Gasteiger partial charge in [0.1, 0.15) is 0 Å². The number of benzene rings is 3. The molecule has 3 heteroatoms. The fraction of sp³-hybridized carbons (Fsp3) is 0.100. The van der Waals surface area contributed by atoms with Crippen LogP contribution >= 0.6 is 17.2 Å². The Kier molecular flexibility index (Phi) is 8.61. The van der Waals surface area contributed by atoms with Crippen molar-refractivity contribution in [1.82, 2.24) is 0 Å². The van der Waals surface area contributed by atoms with Crippen molar-refractivity contribution in [2.75, 3.05) is 0 Å². The van der Waals surface area contributed by atoms with Crippen molar-refractivity contribution in [2.24, 2.45) is 0 Å². The van der Waals surface area contributed by atoms with Crippen LogP contribution < -0.4 is 21.2 Å². The summed E-state index contributed by atoms with van der Waals surface area (Å²) in [5, 5.41) is 5.72. The average molecular weight is 397 g/mol. The van der Waals surface area contributed by atoms with E-state index in [1.54, 1.807) is 0 Å². The van der Waals surface area contributed by atoms with E-state index in [0.29, 0.717) is 15.4 Å². The van der Waals surface area contributed by atoms with E-state index in [1.165, 1.54) is 21.2 Å². The van der Waals surface area contributed by atoms with Gasteiger partial charge in [0, 0.05) is 0 Å². The van der Waals surface area contributed by atoms with Crippen LogP contribution in [0.15, 0.2) is 84.9 Å². The van der Waals surface area contributed by atoms with Crippen molar-refractivity contribution < 1.29 is 0 Å². The first-order valence-corrected chi connectivity index (χ1v) is 13.8. The smallest absolute Gasteiger partial charge is 0.0149 e. The molecule has 0 N–H and O–H groups in total. The van der Waals surface area contributed by atoms with Gasteiger partial charge in [0.05, 0.1) is 0 Å². The molecule has 3 aromatic carbocycles. The normalized spacial score (nSPS) is 10.9. The maximum absolute atomic E-state index is 2.26. The van der Waals surface area contributed by atoms with Gasteiger partial charge in [-0.3, -0.25) is 0 Å². The maximum atomic E-state index is 2.26. The molecule has 0 aliphatic heterocycles. The number of hydrogen-bond acceptors (Lipinski definition) is 0. The fourth-order valence-corrected chi connectivity index (χ4v) is 4.57. The van der Waals surface area contributed by atoms with E-state index < -0.39 is 0 Å². The molecule has 2 radical (unpaired) electrons. The molecule has 0 heterocycles. The van der Waals surface area contributed by atoms with E-state index >= 15 is 0 Å². The summed E-state index contributed by atoms with van der Waals surface area (Å²) in [5.74, 6) is 4.50. The van der Waals surface area contributed by atoms with Gasteiger partial charge in [0.15, 0.2) is 0 Å². The van der Waals surface area contributed by atoms with E-state index in [4.69, 9.17) is 0 Å². The second-order valence-electron chi connectivity index (χ2n) is 5.03. The second-order valence-corrected chi connectivity index (χ2v) is 9.86. The Morgan fingerprint density at radius 2 is 0.826 bits per heavy atom. The Balaban J connectivity index is 0.000000595. The van der Waals surface area contributed by atoms with Gasteiger partial charge in [-0.1, -0.05) is 102 Å². The first kappa shape index (κ1) is 18.4. The van der Waals surface area contributed by atoms with Crippen LogP contribution in [0.2, 0.25) is 11.5 Å². The van der Waals surface area contributed by atoms with Crippen LogP contribution in [-0.2, 0) is 0 Å². The monoisotopic (exact) mass is 398 g/mol. The Bertz CT molecular complexity index is 624. The van der Waals surface area contributed by atoms with E-state index in [2.05, 4.69) is 96.4 Å². The van der Waals surface area contributed by atoms with E-state index in [1.807, 2.05) is 0 Å². The van der Waals surface area contributed by atoms with Gasteiger partial charge in [-0.2, -0.15) is 0 Å². The van der Waals surface area contributed by atoms with Gasteiger partial charge >= 0.3 is 26.9 Å². The molecule has 0 nitrogen and oxygen atoms in total. The van der Waals surface area contributed by atoms with E-state index in [-0.39, 0.29) is 0 Å². The molecule has 116 valence electrons. The minimum absolute atomic E-state index is 0.500. The first-order chi connectivity index (χ1) is 11.3. The Morgan fingerprint density at radius 1 is 0.522 bits per heavy atom. The minimum Gasteiger partial charge on any atom is -0.0622 e. The Morgan fingerprint density at radius 3 is 1.17 bits per heavy atom. The van der Waals surface area contributed by atoms with Crippen LogP contribution in [0.25, 0.3) is 0 Å². The molecule has 0 fully saturated rings. The summed E-state index contributed by atoms with van der Waals surface area (Å²) in [6.45, 7) is 0. The van der Waals surface area contributed by atoms with Gasteiger partial charge in [0.2, 0.25) is 0 Å². The van der Waals surface area contributed by atoms with Gasteiger partial charge in [-0.15, -0.1) is 0 Å². The fourth-order valence-electron chi connectivity index (χ4n) is 2.06. The van der Waals surface area contributed by atoms with Crippen LogP contribution in [0, 0.1) is 0 Å². The summed E-state index contributed by atoms with van der Waals surface area (Å²) in [4.78, 5) is 0. The molecule has 3 rings (SSSR count). The van der Waals surface area contributed by atoms with Crippen molar-refractivity contribution in [3.05, 3.63) is 84.9 Å². The van der Waals surface area contributed by atoms with Crippen LogP contribution in [0.1, 0.15) is 0 Å². The third-order valence-electron chi connectivity index (χ3n) is 3.03. The molecule has 0 aliphatic carbocycles. The van der Waals surface area contributed by atoms with Crippen molar-refractivity contribution in [1.29, 1.82) is 0 Å². The Hall–Kier alpha value is -0.937. The molecule has 2 atom stereocenters. The van der Waals surface area contributed by atoms with E-state index in [0.717, 1.165) is 17.2 Å². The summed E-state index contributed by atoms with van der Waals surface area (Å²) in [6.07, 6.45) is 0. The molecule has 23 heavy (non-hydrogen) atoms. The predicted octanol–water partition coefficient (Wildman–Crippen LogP) is 3.73. The van der Waals surface area contributed by atoms with Crippen molar-refractivity contribution in [3.63, 3.8) is 0 Å². The predicted molar refractivity (Wildman–Crippen MR) is 112 cm³/mol.